The Labute approximate surface area is 118 Å². The first-order valence-corrected chi connectivity index (χ1v) is 7.59. The van der Waals surface area contributed by atoms with E-state index in [0.717, 1.165) is 58.8 Å². The van der Waals surface area contributed by atoms with Gasteiger partial charge in [-0.05, 0) is 25.9 Å². The largest absolute Gasteiger partial charge is 0.330 e. The third-order valence-corrected chi connectivity index (χ3v) is 3.03. The average molecular weight is 274 g/mol. The van der Waals surface area contributed by atoms with Gasteiger partial charge >= 0.3 is 0 Å². The number of nitrogens with zero attached hydrogens (tertiary/aromatic N) is 1. The molecule has 0 bridgehead atoms. The van der Waals surface area contributed by atoms with E-state index in [4.69, 9.17) is 17.2 Å². The molecule has 0 atom stereocenters. The number of rotatable bonds is 15. The van der Waals surface area contributed by atoms with Crippen molar-refractivity contribution in [3.8, 4) is 0 Å². The summed E-state index contributed by atoms with van der Waals surface area (Å²) in [6.45, 7) is 9.24. The number of nitrogens with two attached hydrogens (primary N) is 3. The molecule has 0 aromatic rings. The lowest BCUT2D eigenvalue weighted by Gasteiger charge is -2.22. The lowest BCUT2D eigenvalue weighted by atomic mass is 10.2. The van der Waals surface area contributed by atoms with Crippen molar-refractivity contribution in [3.05, 3.63) is 0 Å². The van der Waals surface area contributed by atoms with Crippen molar-refractivity contribution in [2.24, 2.45) is 17.2 Å². The van der Waals surface area contributed by atoms with Crippen molar-refractivity contribution >= 4 is 0 Å². The molecule has 0 saturated heterocycles. The van der Waals surface area contributed by atoms with E-state index in [1.807, 2.05) is 0 Å². The van der Waals surface area contributed by atoms with E-state index in [-0.39, 0.29) is 0 Å². The predicted octanol–water partition coefficient (Wildman–Crippen LogP) is -1.49. The lowest BCUT2D eigenvalue weighted by molar-refractivity contribution is 0.280. The summed E-state index contributed by atoms with van der Waals surface area (Å²) in [5.41, 5.74) is 16.5. The highest BCUT2D eigenvalue weighted by Gasteiger charge is 2.02. The van der Waals surface area contributed by atoms with E-state index in [1.165, 1.54) is 12.8 Å². The third-order valence-electron chi connectivity index (χ3n) is 3.03. The van der Waals surface area contributed by atoms with Gasteiger partial charge in [0.2, 0.25) is 0 Å². The van der Waals surface area contributed by atoms with Crippen LogP contribution in [0.1, 0.15) is 19.3 Å². The summed E-state index contributed by atoms with van der Waals surface area (Å²) in [6, 6.07) is 0. The molecular weight excluding hydrogens is 240 g/mol. The number of hydrogen-bond donors (Lipinski definition) is 5. The van der Waals surface area contributed by atoms with Crippen molar-refractivity contribution in [2.45, 2.75) is 19.3 Å². The first kappa shape index (κ1) is 18.8. The monoisotopic (exact) mass is 274 g/mol. The minimum Gasteiger partial charge on any atom is -0.330 e. The molecule has 6 heteroatoms. The van der Waals surface area contributed by atoms with E-state index in [0.29, 0.717) is 13.1 Å². The van der Waals surface area contributed by atoms with Crippen LogP contribution < -0.4 is 27.8 Å². The van der Waals surface area contributed by atoms with Crippen LogP contribution in [-0.2, 0) is 0 Å². The average Bonchev–Trinajstić information content (AvgIpc) is 2.42. The Morgan fingerprint density at radius 2 is 1.26 bits per heavy atom. The van der Waals surface area contributed by atoms with Gasteiger partial charge in [0.15, 0.2) is 0 Å². The van der Waals surface area contributed by atoms with Crippen LogP contribution in [0.2, 0.25) is 0 Å². The maximum atomic E-state index is 5.63. The smallest absolute Gasteiger partial charge is 0.0108 e. The van der Waals surface area contributed by atoms with Crippen molar-refractivity contribution in [1.29, 1.82) is 0 Å². The molecule has 0 heterocycles. The number of nitrogens with one attached hydrogen (secondary N) is 2. The first-order valence-electron chi connectivity index (χ1n) is 7.59. The summed E-state index contributed by atoms with van der Waals surface area (Å²) < 4.78 is 0. The zero-order valence-electron chi connectivity index (χ0n) is 12.4. The zero-order chi connectivity index (χ0) is 14.2. The summed E-state index contributed by atoms with van der Waals surface area (Å²) in [5, 5.41) is 6.78. The van der Waals surface area contributed by atoms with Gasteiger partial charge in [-0.25, -0.2) is 0 Å². The molecule has 0 unspecified atom stereocenters. The Balaban J connectivity index is 3.42. The molecule has 6 nitrogen and oxygen atoms in total. The van der Waals surface area contributed by atoms with Crippen LogP contribution >= 0.6 is 0 Å². The van der Waals surface area contributed by atoms with Gasteiger partial charge in [0.05, 0.1) is 0 Å². The molecular formula is C13H34N6. The number of hydrogen-bond acceptors (Lipinski definition) is 6. The molecule has 8 N–H and O–H groups in total. The highest BCUT2D eigenvalue weighted by atomic mass is 15.2. The van der Waals surface area contributed by atoms with E-state index in [1.54, 1.807) is 0 Å². The Morgan fingerprint density at radius 1 is 0.579 bits per heavy atom. The molecule has 19 heavy (non-hydrogen) atoms. The normalized spacial score (nSPS) is 11.4. The van der Waals surface area contributed by atoms with Gasteiger partial charge in [0.25, 0.3) is 0 Å². The Morgan fingerprint density at radius 3 is 1.84 bits per heavy atom. The molecule has 0 radical (unpaired) electrons. The molecule has 116 valence electrons. The molecule has 0 aliphatic rings. The first-order chi connectivity index (χ1) is 9.35. The maximum Gasteiger partial charge on any atom is 0.0108 e. The van der Waals surface area contributed by atoms with Crippen molar-refractivity contribution < 1.29 is 0 Å². The molecule has 0 rings (SSSR count). The molecule has 0 aromatic heterocycles. The van der Waals surface area contributed by atoms with Crippen LogP contribution in [-0.4, -0.2) is 70.3 Å². The van der Waals surface area contributed by atoms with Crippen molar-refractivity contribution in [3.63, 3.8) is 0 Å². The fraction of sp³-hybridized carbons (Fsp3) is 1.00. The van der Waals surface area contributed by atoms with E-state index in [2.05, 4.69) is 15.5 Å². The summed E-state index contributed by atoms with van der Waals surface area (Å²) >= 11 is 0. The van der Waals surface area contributed by atoms with Crippen LogP contribution in [0.5, 0.6) is 0 Å². The van der Waals surface area contributed by atoms with Gasteiger partial charge in [-0.2, -0.15) is 0 Å². The summed E-state index contributed by atoms with van der Waals surface area (Å²) in [6.07, 6.45) is 3.57. The second kappa shape index (κ2) is 15.8. The zero-order valence-corrected chi connectivity index (χ0v) is 12.4. The standard InChI is InChI=1S/C13H34N6/c14-4-2-1-3-7-17-9-12-19(11-6-16)13-10-18-8-5-15/h17-18H,1-16H2. The van der Waals surface area contributed by atoms with Gasteiger partial charge in [0.1, 0.15) is 0 Å². The Bertz CT molecular complexity index is 167. The SMILES string of the molecule is NCCCCCNCCN(CCN)CCNCCN. The third kappa shape index (κ3) is 14.0. The highest BCUT2D eigenvalue weighted by Crippen LogP contribution is 1.91. The molecule has 0 fully saturated rings. The summed E-state index contributed by atoms with van der Waals surface area (Å²) in [7, 11) is 0. The second-order valence-corrected chi connectivity index (χ2v) is 4.77. The topological polar surface area (TPSA) is 105 Å². The number of unbranched alkanes of at least 4 members (excludes halogenated alkanes) is 2. The van der Waals surface area contributed by atoms with Crippen LogP contribution in [0.4, 0.5) is 0 Å². The van der Waals surface area contributed by atoms with E-state index in [9.17, 15) is 0 Å². The van der Waals surface area contributed by atoms with Crippen molar-refractivity contribution in [1.82, 2.24) is 15.5 Å². The molecule has 0 saturated carbocycles. The maximum absolute atomic E-state index is 5.63. The van der Waals surface area contributed by atoms with Gasteiger partial charge in [0, 0.05) is 52.4 Å². The molecule has 0 spiro atoms. The molecule has 0 amide bonds. The Kier molecular flexibility index (Phi) is 15.6. The van der Waals surface area contributed by atoms with Gasteiger partial charge in [-0.15, -0.1) is 0 Å². The fourth-order valence-corrected chi connectivity index (χ4v) is 1.92. The lowest BCUT2D eigenvalue weighted by Crippen LogP contribution is -2.40. The van der Waals surface area contributed by atoms with E-state index >= 15 is 0 Å². The minimum atomic E-state index is 0.696. The van der Waals surface area contributed by atoms with Gasteiger partial charge < -0.3 is 27.8 Å². The van der Waals surface area contributed by atoms with Crippen LogP contribution in [0.3, 0.4) is 0 Å². The second-order valence-electron chi connectivity index (χ2n) is 4.77. The predicted molar refractivity (Wildman–Crippen MR) is 83.2 cm³/mol. The Hall–Kier alpha value is -0.240. The molecule has 0 aliphatic heterocycles. The van der Waals surface area contributed by atoms with Gasteiger partial charge in [-0.3, -0.25) is 4.90 Å². The molecule has 0 aromatic carbocycles. The van der Waals surface area contributed by atoms with Gasteiger partial charge in [-0.1, -0.05) is 6.42 Å². The van der Waals surface area contributed by atoms with Crippen molar-refractivity contribution in [2.75, 3.05) is 65.4 Å². The summed E-state index contributed by atoms with van der Waals surface area (Å²) in [5.74, 6) is 0. The summed E-state index contributed by atoms with van der Waals surface area (Å²) in [4.78, 5) is 2.39. The highest BCUT2D eigenvalue weighted by molar-refractivity contribution is 4.62. The van der Waals surface area contributed by atoms with E-state index < -0.39 is 0 Å². The molecule has 0 aliphatic carbocycles. The minimum absolute atomic E-state index is 0.696. The van der Waals surface area contributed by atoms with Crippen LogP contribution in [0.15, 0.2) is 0 Å². The van der Waals surface area contributed by atoms with Crippen LogP contribution in [0.25, 0.3) is 0 Å². The quantitative estimate of drug-likeness (QED) is 0.233. The van der Waals surface area contributed by atoms with Crippen LogP contribution in [0, 0.1) is 0 Å². The fourth-order valence-electron chi connectivity index (χ4n) is 1.92.